The molecule has 0 saturated carbocycles. The molecule has 154 valence electrons. The molecule has 0 aromatic carbocycles. The number of carbonyl (C=O) groups is 2. The smallest absolute Gasteiger partial charge is 0.255 e. The first-order valence-electron chi connectivity index (χ1n) is 9.99. The average molecular weight is 388 g/mol. The number of likely N-dealkylation sites (N-methyl/N-ethyl adjacent to an activating group) is 2. The Hall–Kier alpha value is -2.41. The fourth-order valence-corrected chi connectivity index (χ4v) is 3.20. The van der Waals surface area contributed by atoms with E-state index in [2.05, 4.69) is 16.8 Å². The van der Waals surface area contributed by atoms with Crippen molar-refractivity contribution >= 4 is 23.3 Å². The number of amides is 2. The second-order valence-corrected chi connectivity index (χ2v) is 7.41. The van der Waals surface area contributed by atoms with Crippen LogP contribution in [0.1, 0.15) is 49.2 Å². The van der Waals surface area contributed by atoms with Crippen LogP contribution in [-0.2, 0) is 4.79 Å². The number of unbranched alkanes of at least 4 members (excludes halogenated alkanes) is 1. The molecule has 0 bridgehead atoms. The molecule has 2 aromatic rings. The number of hydrogen-bond acceptors (Lipinski definition) is 4. The van der Waals surface area contributed by atoms with E-state index in [9.17, 15) is 9.59 Å². The fraction of sp³-hybridized carbons (Fsp3) is 0.571. The Labute approximate surface area is 167 Å². The molecule has 0 aliphatic heterocycles. The highest BCUT2D eigenvalue weighted by Gasteiger charge is 2.20. The first-order chi connectivity index (χ1) is 13.3. The number of rotatable bonds is 9. The molecule has 0 saturated heterocycles. The molecule has 2 heterocycles. The van der Waals surface area contributed by atoms with Crippen LogP contribution in [0.3, 0.4) is 0 Å². The van der Waals surface area contributed by atoms with Gasteiger partial charge in [-0.05, 0) is 46.5 Å². The Morgan fingerprint density at radius 1 is 1.11 bits per heavy atom. The maximum Gasteiger partial charge on any atom is 0.255 e. The molecule has 0 fully saturated rings. The molecule has 2 amide bonds. The van der Waals surface area contributed by atoms with Gasteiger partial charge in [-0.15, -0.1) is 0 Å². The van der Waals surface area contributed by atoms with E-state index < -0.39 is 0 Å². The maximum absolute atomic E-state index is 13.0. The van der Waals surface area contributed by atoms with Crippen molar-refractivity contribution in [2.75, 3.05) is 45.7 Å². The van der Waals surface area contributed by atoms with E-state index in [1.807, 2.05) is 49.4 Å². The third-order valence-corrected chi connectivity index (χ3v) is 4.93. The summed E-state index contributed by atoms with van der Waals surface area (Å²) < 4.78 is 1.85. The standard InChI is InChI=1S/C21H33N5O2/c1-7-9-10-19(27)24(6)20-16(3)22-18-12-11-17(15-26(18)20)21(28)25(8-2)14-13-23(4)5/h11-12,15H,7-10,13-14H2,1-6H3. The van der Waals surface area contributed by atoms with Crippen molar-refractivity contribution < 1.29 is 9.59 Å². The first-order valence-corrected chi connectivity index (χ1v) is 9.99. The van der Waals surface area contributed by atoms with Gasteiger partial charge in [0.05, 0.1) is 11.3 Å². The van der Waals surface area contributed by atoms with E-state index in [1.165, 1.54) is 0 Å². The summed E-state index contributed by atoms with van der Waals surface area (Å²) >= 11 is 0. The van der Waals surface area contributed by atoms with Crippen LogP contribution in [-0.4, -0.2) is 71.8 Å². The molecule has 0 spiro atoms. The van der Waals surface area contributed by atoms with E-state index in [0.29, 0.717) is 25.1 Å². The minimum atomic E-state index is -0.0106. The van der Waals surface area contributed by atoms with Crippen LogP contribution in [0.5, 0.6) is 0 Å². The molecular weight excluding hydrogens is 354 g/mol. The van der Waals surface area contributed by atoms with Crippen LogP contribution in [0.15, 0.2) is 18.3 Å². The van der Waals surface area contributed by atoms with E-state index >= 15 is 0 Å². The summed E-state index contributed by atoms with van der Waals surface area (Å²) in [5, 5.41) is 0. The zero-order chi connectivity index (χ0) is 20.8. The molecule has 0 N–H and O–H groups in total. The lowest BCUT2D eigenvalue weighted by molar-refractivity contribution is -0.118. The number of aromatic nitrogens is 2. The van der Waals surface area contributed by atoms with Gasteiger partial charge in [-0.1, -0.05) is 13.3 Å². The molecule has 0 atom stereocenters. The number of hydrogen-bond donors (Lipinski definition) is 0. The van der Waals surface area contributed by atoms with Crippen LogP contribution < -0.4 is 4.90 Å². The maximum atomic E-state index is 13.0. The van der Waals surface area contributed by atoms with E-state index in [-0.39, 0.29) is 11.8 Å². The summed E-state index contributed by atoms with van der Waals surface area (Å²) in [7, 11) is 5.77. The van der Waals surface area contributed by atoms with E-state index in [1.54, 1.807) is 18.1 Å². The second-order valence-electron chi connectivity index (χ2n) is 7.41. The van der Waals surface area contributed by atoms with Gasteiger partial charge in [-0.2, -0.15) is 0 Å². The van der Waals surface area contributed by atoms with Crippen LogP contribution in [0.25, 0.3) is 5.65 Å². The highest BCUT2D eigenvalue weighted by atomic mass is 16.2. The largest absolute Gasteiger partial charge is 0.338 e. The van der Waals surface area contributed by atoms with Gasteiger partial charge in [-0.25, -0.2) is 4.98 Å². The topological polar surface area (TPSA) is 61.2 Å². The van der Waals surface area contributed by atoms with E-state index in [4.69, 9.17) is 0 Å². The summed E-state index contributed by atoms with van der Waals surface area (Å²) in [6.07, 6.45) is 4.14. The van der Waals surface area contributed by atoms with Gasteiger partial charge in [0.1, 0.15) is 11.5 Å². The van der Waals surface area contributed by atoms with Gasteiger partial charge in [0, 0.05) is 39.3 Å². The average Bonchev–Trinajstić information content (AvgIpc) is 3.00. The van der Waals surface area contributed by atoms with Crippen molar-refractivity contribution in [3.63, 3.8) is 0 Å². The molecule has 7 nitrogen and oxygen atoms in total. The number of fused-ring (bicyclic) bond motifs is 1. The Balaban J connectivity index is 2.35. The molecule has 0 aliphatic carbocycles. The van der Waals surface area contributed by atoms with Gasteiger partial charge < -0.3 is 9.80 Å². The minimum absolute atomic E-state index is 0.0106. The number of carbonyl (C=O) groups excluding carboxylic acids is 2. The summed E-state index contributed by atoms with van der Waals surface area (Å²) in [4.78, 5) is 35.6. The summed E-state index contributed by atoms with van der Waals surface area (Å²) in [6.45, 7) is 8.08. The van der Waals surface area contributed by atoms with Crippen LogP contribution >= 0.6 is 0 Å². The lowest BCUT2D eigenvalue weighted by Crippen LogP contribution is -2.36. The number of imidazole rings is 1. The number of nitrogens with zero attached hydrogens (tertiary/aromatic N) is 5. The number of pyridine rings is 1. The van der Waals surface area contributed by atoms with Crippen molar-refractivity contribution in [3.05, 3.63) is 29.6 Å². The van der Waals surface area contributed by atoms with Crippen molar-refractivity contribution in [2.45, 2.75) is 40.0 Å². The Bertz CT molecular complexity index is 828. The molecule has 0 aliphatic rings. The molecule has 0 radical (unpaired) electrons. The molecular formula is C21H33N5O2. The molecule has 7 heteroatoms. The minimum Gasteiger partial charge on any atom is -0.338 e. The third-order valence-electron chi connectivity index (χ3n) is 4.93. The summed E-state index contributed by atoms with van der Waals surface area (Å²) in [5.41, 5.74) is 2.11. The van der Waals surface area contributed by atoms with Gasteiger partial charge in [0.15, 0.2) is 0 Å². The molecule has 2 rings (SSSR count). The fourth-order valence-electron chi connectivity index (χ4n) is 3.20. The SMILES string of the molecule is CCCCC(=O)N(C)c1c(C)nc2ccc(C(=O)N(CC)CCN(C)C)cn12. The van der Waals surface area contributed by atoms with Gasteiger partial charge in [0.2, 0.25) is 5.91 Å². The monoisotopic (exact) mass is 387 g/mol. The van der Waals surface area contributed by atoms with Gasteiger partial charge >= 0.3 is 0 Å². The van der Waals surface area contributed by atoms with Crippen molar-refractivity contribution in [1.29, 1.82) is 0 Å². The lowest BCUT2D eigenvalue weighted by Gasteiger charge is -2.23. The zero-order valence-electron chi connectivity index (χ0n) is 18.0. The molecule has 28 heavy (non-hydrogen) atoms. The van der Waals surface area contributed by atoms with E-state index in [0.717, 1.165) is 36.5 Å². The summed E-state index contributed by atoms with van der Waals surface area (Å²) in [6, 6.07) is 3.65. The Kier molecular flexibility index (Phi) is 7.57. The highest BCUT2D eigenvalue weighted by Crippen LogP contribution is 2.23. The number of aryl methyl sites for hydroxylation is 1. The second kappa shape index (κ2) is 9.68. The Morgan fingerprint density at radius 2 is 1.82 bits per heavy atom. The van der Waals surface area contributed by atoms with Crippen LogP contribution in [0.2, 0.25) is 0 Å². The number of anilines is 1. The van der Waals surface area contributed by atoms with Crippen molar-refractivity contribution in [1.82, 2.24) is 19.2 Å². The first kappa shape index (κ1) is 21.9. The summed E-state index contributed by atoms with van der Waals surface area (Å²) in [5.74, 6) is 0.773. The lowest BCUT2D eigenvalue weighted by atomic mass is 10.2. The normalized spacial score (nSPS) is 11.2. The van der Waals surface area contributed by atoms with Crippen LogP contribution in [0, 0.1) is 6.92 Å². The van der Waals surface area contributed by atoms with Gasteiger partial charge in [-0.3, -0.25) is 18.9 Å². The van der Waals surface area contributed by atoms with Gasteiger partial charge in [0.25, 0.3) is 5.91 Å². The zero-order valence-corrected chi connectivity index (χ0v) is 18.0. The highest BCUT2D eigenvalue weighted by molar-refractivity contribution is 5.95. The molecule has 2 aromatic heterocycles. The predicted molar refractivity (Wildman–Crippen MR) is 113 cm³/mol. The predicted octanol–water partition coefficient (Wildman–Crippen LogP) is 2.82. The Morgan fingerprint density at radius 3 is 2.43 bits per heavy atom. The van der Waals surface area contributed by atoms with Crippen LogP contribution in [0.4, 0.5) is 5.82 Å². The quantitative estimate of drug-likeness (QED) is 0.664. The van der Waals surface area contributed by atoms with Crippen molar-refractivity contribution in [2.24, 2.45) is 0 Å². The third kappa shape index (κ3) is 4.90. The molecule has 0 unspecified atom stereocenters. The van der Waals surface area contributed by atoms with Crippen molar-refractivity contribution in [3.8, 4) is 0 Å².